The number of piperidine rings is 1. The first kappa shape index (κ1) is 14.6. The number of carbonyl (C=O) groups is 1. The van der Waals surface area contributed by atoms with Crippen molar-refractivity contribution >= 4 is 17.7 Å². The van der Waals surface area contributed by atoms with Crippen LogP contribution in [0.15, 0.2) is 15.7 Å². The summed E-state index contributed by atoms with van der Waals surface area (Å²) in [6, 6.07) is 0.954. The Bertz CT molecular complexity index is 570. The summed E-state index contributed by atoms with van der Waals surface area (Å²) in [5.41, 5.74) is -0.939. The van der Waals surface area contributed by atoms with E-state index in [1.807, 2.05) is 0 Å². The second-order valence-electron chi connectivity index (χ2n) is 4.55. The lowest BCUT2D eigenvalue weighted by Gasteiger charge is -2.31. The molecule has 1 aromatic heterocycles. The average Bonchev–Trinajstić information content (AvgIpc) is 2.38. The molecular formula is C12H16ClN3O4. The zero-order chi connectivity index (χ0) is 14.7. The molecule has 2 rings (SSSR count). The van der Waals surface area contributed by atoms with Crippen LogP contribution in [-0.2, 0) is 4.74 Å². The third-order valence-electron chi connectivity index (χ3n) is 3.29. The summed E-state index contributed by atoms with van der Waals surface area (Å²) in [6.45, 7) is 2.99. The molecule has 0 radical (unpaired) electrons. The maximum Gasteiger partial charge on any atom is 0.409 e. The minimum atomic E-state index is -0.517. The highest BCUT2D eigenvalue weighted by Crippen LogP contribution is 2.20. The summed E-state index contributed by atoms with van der Waals surface area (Å²) in [7, 11) is 0. The van der Waals surface area contributed by atoms with E-state index in [1.54, 1.807) is 11.8 Å². The van der Waals surface area contributed by atoms with Crippen molar-refractivity contribution < 1.29 is 9.53 Å². The summed E-state index contributed by atoms with van der Waals surface area (Å²) in [5.74, 6) is 0. The van der Waals surface area contributed by atoms with Gasteiger partial charge in [0.25, 0.3) is 5.56 Å². The number of nitrogens with one attached hydrogen (secondary N) is 1. The number of aromatic nitrogens is 2. The Morgan fingerprint density at radius 3 is 2.65 bits per heavy atom. The molecule has 2 heterocycles. The van der Waals surface area contributed by atoms with Crippen LogP contribution < -0.4 is 11.2 Å². The Kier molecular flexibility index (Phi) is 4.49. The minimum absolute atomic E-state index is 0.0280. The van der Waals surface area contributed by atoms with Crippen molar-refractivity contribution in [1.29, 1.82) is 0 Å². The monoisotopic (exact) mass is 301 g/mol. The number of aromatic amines is 1. The number of nitrogens with zero attached hydrogens (tertiary/aromatic N) is 2. The first-order valence-electron chi connectivity index (χ1n) is 6.46. The normalized spacial score (nSPS) is 16.2. The minimum Gasteiger partial charge on any atom is -0.450 e. The van der Waals surface area contributed by atoms with Crippen LogP contribution in [0, 0.1) is 0 Å². The number of hydrogen-bond donors (Lipinski definition) is 1. The van der Waals surface area contributed by atoms with Crippen molar-refractivity contribution in [3.05, 3.63) is 32.1 Å². The molecule has 0 aromatic carbocycles. The van der Waals surface area contributed by atoms with Crippen molar-refractivity contribution in [1.82, 2.24) is 14.5 Å². The maximum atomic E-state index is 11.8. The highest BCUT2D eigenvalue weighted by Gasteiger charge is 2.26. The topological polar surface area (TPSA) is 84.4 Å². The van der Waals surface area contributed by atoms with E-state index in [4.69, 9.17) is 16.3 Å². The molecule has 0 bridgehead atoms. The first-order chi connectivity index (χ1) is 9.52. The molecule has 1 fully saturated rings. The molecule has 1 saturated heterocycles. The van der Waals surface area contributed by atoms with Crippen LogP contribution in [0.2, 0.25) is 5.15 Å². The predicted molar refractivity (Wildman–Crippen MR) is 73.2 cm³/mol. The molecule has 1 N–H and O–H groups in total. The van der Waals surface area contributed by atoms with E-state index in [0.29, 0.717) is 32.5 Å². The molecule has 0 spiro atoms. The second kappa shape index (κ2) is 6.13. The maximum absolute atomic E-state index is 11.8. The third-order valence-corrected chi connectivity index (χ3v) is 3.49. The zero-order valence-electron chi connectivity index (χ0n) is 11.1. The predicted octanol–water partition coefficient (Wildman–Crippen LogP) is 0.983. The van der Waals surface area contributed by atoms with Gasteiger partial charge >= 0.3 is 11.8 Å². The Hall–Kier alpha value is -1.76. The van der Waals surface area contributed by atoms with Gasteiger partial charge in [0.2, 0.25) is 0 Å². The molecule has 1 aliphatic rings. The number of amides is 1. The van der Waals surface area contributed by atoms with E-state index in [1.165, 1.54) is 6.07 Å². The van der Waals surface area contributed by atoms with Crippen LogP contribution in [0.4, 0.5) is 4.79 Å². The Balaban J connectivity index is 2.10. The Labute approximate surface area is 120 Å². The van der Waals surface area contributed by atoms with Crippen molar-refractivity contribution in [2.24, 2.45) is 0 Å². The molecule has 7 nitrogen and oxygen atoms in total. The van der Waals surface area contributed by atoms with Gasteiger partial charge in [0, 0.05) is 25.2 Å². The first-order valence-corrected chi connectivity index (χ1v) is 6.83. The van der Waals surface area contributed by atoms with E-state index in [0.717, 1.165) is 4.57 Å². The van der Waals surface area contributed by atoms with E-state index in [2.05, 4.69) is 4.98 Å². The Morgan fingerprint density at radius 1 is 1.45 bits per heavy atom. The van der Waals surface area contributed by atoms with E-state index >= 15 is 0 Å². The molecule has 1 aromatic rings. The molecule has 1 amide bonds. The summed E-state index contributed by atoms with van der Waals surface area (Å²) in [6.07, 6.45) is 0.704. The van der Waals surface area contributed by atoms with Gasteiger partial charge in [-0.2, -0.15) is 0 Å². The van der Waals surface area contributed by atoms with Gasteiger partial charge in [0.15, 0.2) is 0 Å². The average molecular weight is 302 g/mol. The van der Waals surface area contributed by atoms with Gasteiger partial charge in [-0.25, -0.2) is 9.59 Å². The number of ether oxygens (including phenoxy) is 1. The van der Waals surface area contributed by atoms with Gasteiger partial charge in [0.1, 0.15) is 5.15 Å². The largest absolute Gasteiger partial charge is 0.450 e. The molecule has 0 atom stereocenters. The van der Waals surface area contributed by atoms with Crippen LogP contribution in [0.5, 0.6) is 0 Å². The molecule has 0 saturated carbocycles. The van der Waals surface area contributed by atoms with Gasteiger partial charge in [-0.15, -0.1) is 0 Å². The van der Waals surface area contributed by atoms with Crippen molar-refractivity contribution in [2.75, 3.05) is 19.7 Å². The number of likely N-dealkylation sites (tertiary alicyclic amines) is 1. The number of H-pyrrole nitrogens is 1. The molecule has 0 aliphatic carbocycles. The summed E-state index contributed by atoms with van der Waals surface area (Å²) in [4.78, 5) is 39.2. The van der Waals surface area contributed by atoms with E-state index in [-0.39, 0.29) is 17.3 Å². The molecule has 8 heteroatoms. The molecule has 1 aliphatic heterocycles. The number of halogens is 1. The van der Waals surface area contributed by atoms with Gasteiger partial charge < -0.3 is 9.64 Å². The van der Waals surface area contributed by atoms with Crippen LogP contribution in [0.1, 0.15) is 25.8 Å². The highest BCUT2D eigenvalue weighted by molar-refractivity contribution is 6.29. The summed E-state index contributed by atoms with van der Waals surface area (Å²) >= 11 is 5.62. The molecular weight excluding hydrogens is 286 g/mol. The van der Waals surface area contributed by atoms with Crippen LogP contribution in [0.25, 0.3) is 0 Å². The molecule has 110 valence electrons. The van der Waals surface area contributed by atoms with Crippen LogP contribution in [0.3, 0.4) is 0 Å². The van der Waals surface area contributed by atoms with Gasteiger partial charge in [-0.05, 0) is 19.8 Å². The second-order valence-corrected chi connectivity index (χ2v) is 4.96. The van der Waals surface area contributed by atoms with E-state index < -0.39 is 11.2 Å². The number of carbonyl (C=O) groups excluding carboxylic acids is 1. The lowest BCUT2D eigenvalue weighted by atomic mass is 10.1. The van der Waals surface area contributed by atoms with E-state index in [9.17, 15) is 14.4 Å². The fourth-order valence-electron chi connectivity index (χ4n) is 2.34. The molecule has 20 heavy (non-hydrogen) atoms. The summed E-state index contributed by atoms with van der Waals surface area (Å²) in [5, 5.41) is 0.0280. The smallest absolute Gasteiger partial charge is 0.409 e. The van der Waals surface area contributed by atoms with Gasteiger partial charge in [-0.3, -0.25) is 14.3 Å². The highest BCUT2D eigenvalue weighted by atomic mass is 35.5. The van der Waals surface area contributed by atoms with Gasteiger partial charge in [-0.1, -0.05) is 11.6 Å². The number of hydrogen-bond acceptors (Lipinski definition) is 4. The number of rotatable bonds is 2. The fraction of sp³-hybridized carbons (Fsp3) is 0.583. The lowest BCUT2D eigenvalue weighted by molar-refractivity contribution is 0.0920. The van der Waals surface area contributed by atoms with Crippen LogP contribution >= 0.6 is 11.6 Å². The fourth-order valence-corrected chi connectivity index (χ4v) is 2.52. The standard InChI is InChI=1S/C12H16ClN3O4/c1-2-20-12(19)15-5-3-8(4-6-15)16-10(17)7-9(13)14-11(16)18/h7-8H,2-6H2,1H3,(H,14,18). The third kappa shape index (κ3) is 3.04. The van der Waals surface area contributed by atoms with Gasteiger partial charge in [0.05, 0.1) is 6.61 Å². The van der Waals surface area contributed by atoms with Crippen LogP contribution in [-0.4, -0.2) is 40.2 Å². The SMILES string of the molecule is CCOC(=O)N1CCC(n2c(=O)cc(Cl)[nH]c2=O)CC1. The summed E-state index contributed by atoms with van der Waals surface area (Å²) < 4.78 is 6.08. The van der Waals surface area contributed by atoms with Crippen molar-refractivity contribution in [3.63, 3.8) is 0 Å². The molecule has 0 unspecified atom stereocenters. The quantitative estimate of drug-likeness (QED) is 0.825. The van der Waals surface area contributed by atoms with Crippen molar-refractivity contribution in [2.45, 2.75) is 25.8 Å². The Morgan fingerprint density at radius 2 is 2.10 bits per heavy atom. The van der Waals surface area contributed by atoms with Crippen molar-refractivity contribution in [3.8, 4) is 0 Å². The zero-order valence-corrected chi connectivity index (χ0v) is 11.9. The lowest BCUT2D eigenvalue weighted by Crippen LogP contribution is -2.44.